The van der Waals surface area contributed by atoms with Gasteiger partial charge in [0.1, 0.15) is 17.9 Å². The SMILES string of the molecule is COc1cc(OCc2ccccc2)c(F)c(C(=O)O)c1. The van der Waals surface area contributed by atoms with Gasteiger partial charge in [-0.05, 0) is 11.6 Å². The number of carboxylic acid groups (broad SMARTS) is 1. The molecule has 0 radical (unpaired) electrons. The quantitative estimate of drug-likeness (QED) is 0.911. The van der Waals surface area contributed by atoms with Crippen LogP contribution in [0.25, 0.3) is 0 Å². The van der Waals surface area contributed by atoms with E-state index < -0.39 is 17.3 Å². The molecule has 104 valence electrons. The Balaban J connectivity index is 2.26. The van der Waals surface area contributed by atoms with E-state index in [0.717, 1.165) is 11.6 Å². The van der Waals surface area contributed by atoms with Gasteiger partial charge in [-0.15, -0.1) is 0 Å². The maximum Gasteiger partial charge on any atom is 0.338 e. The van der Waals surface area contributed by atoms with Crippen molar-refractivity contribution in [3.05, 3.63) is 59.4 Å². The molecule has 0 atom stereocenters. The van der Waals surface area contributed by atoms with Gasteiger partial charge < -0.3 is 14.6 Å². The van der Waals surface area contributed by atoms with Crippen molar-refractivity contribution in [1.82, 2.24) is 0 Å². The van der Waals surface area contributed by atoms with Gasteiger partial charge in [0.25, 0.3) is 0 Å². The molecule has 2 rings (SSSR count). The summed E-state index contributed by atoms with van der Waals surface area (Å²) in [5.74, 6) is -2.20. The smallest absolute Gasteiger partial charge is 0.338 e. The number of methoxy groups -OCH3 is 1. The predicted octanol–water partition coefficient (Wildman–Crippen LogP) is 3.11. The molecule has 2 aromatic rings. The Hall–Kier alpha value is -2.56. The zero-order valence-corrected chi connectivity index (χ0v) is 10.8. The second-order valence-electron chi connectivity index (χ2n) is 4.07. The fraction of sp³-hybridized carbons (Fsp3) is 0.133. The first kappa shape index (κ1) is 13.9. The van der Waals surface area contributed by atoms with Gasteiger partial charge >= 0.3 is 5.97 Å². The lowest BCUT2D eigenvalue weighted by molar-refractivity contribution is 0.0690. The third kappa shape index (κ3) is 3.06. The standard InChI is InChI=1S/C15H13FO4/c1-19-11-7-12(15(17)18)14(16)13(8-11)20-9-10-5-3-2-4-6-10/h2-8H,9H2,1H3,(H,17,18). The van der Waals surface area contributed by atoms with E-state index in [4.69, 9.17) is 14.6 Å². The average Bonchev–Trinajstić information content (AvgIpc) is 2.47. The first-order chi connectivity index (χ1) is 9.61. The van der Waals surface area contributed by atoms with Crippen LogP contribution in [0.3, 0.4) is 0 Å². The molecule has 1 N–H and O–H groups in total. The minimum Gasteiger partial charge on any atom is -0.497 e. The van der Waals surface area contributed by atoms with Crippen LogP contribution in [0, 0.1) is 5.82 Å². The molecule has 0 unspecified atom stereocenters. The number of carboxylic acids is 1. The fourth-order valence-electron chi connectivity index (χ4n) is 1.69. The topological polar surface area (TPSA) is 55.8 Å². The molecule has 5 heteroatoms. The van der Waals surface area contributed by atoms with E-state index in [1.807, 2.05) is 30.3 Å². The molecular formula is C15H13FO4. The van der Waals surface area contributed by atoms with Gasteiger partial charge in [-0.25, -0.2) is 9.18 Å². The lowest BCUT2D eigenvalue weighted by Crippen LogP contribution is -2.05. The molecule has 0 aromatic heterocycles. The van der Waals surface area contributed by atoms with E-state index in [2.05, 4.69) is 0 Å². The summed E-state index contributed by atoms with van der Waals surface area (Å²) in [4.78, 5) is 11.0. The molecular weight excluding hydrogens is 263 g/mol. The van der Waals surface area contributed by atoms with Crippen LogP contribution in [0.4, 0.5) is 4.39 Å². The Kier molecular flexibility index (Phi) is 4.20. The summed E-state index contributed by atoms with van der Waals surface area (Å²) in [7, 11) is 1.37. The fourth-order valence-corrected chi connectivity index (χ4v) is 1.69. The van der Waals surface area contributed by atoms with Crippen LogP contribution in [0.15, 0.2) is 42.5 Å². The minimum absolute atomic E-state index is 0.143. The number of ether oxygens (including phenoxy) is 2. The van der Waals surface area contributed by atoms with E-state index in [1.54, 1.807) is 0 Å². The summed E-state index contributed by atoms with van der Waals surface area (Å²) < 4.78 is 24.3. The third-order valence-corrected chi connectivity index (χ3v) is 2.72. The van der Waals surface area contributed by atoms with Crippen molar-refractivity contribution in [1.29, 1.82) is 0 Å². The lowest BCUT2D eigenvalue weighted by atomic mass is 10.2. The molecule has 2 aromatic carbocycles. The number of hydrogen-bond donors (Lipinski definition) is 1. The summed E-state index contributed by atoms with van der Waals surface area (Å²) in [6.45, 7) is 0.143. The van der Waals surface area contributed by atoms with E-state index in [-0.39, 0.29) is 18.1 Å². The molecule has 0 aliphatic heterocycles. The van der Waals surface area contributed by atoms with Crippen LogP contribution in [0.2, 0.25) is 0 Å². The van der Waals surface area contributed by atoms with Crippen LogP contribution in [0.1, 0.15) is 15.9 Å². The monoisotopic (exact) mass is 276 g/mol. The normalized spacial score (nSPS) is 10.1. The van der Waals surface area contributed by atoms with Gasteiger partial charge in [-0.2, -0.15) is 0 Å². The van der Waals surface area contributed by atoms with Crippen molar-refractivity contribution >= 4 is 5.97 Å². The van der Waals surface area contributed by atoms with Crippen molar-refractivity contribution in [2.24, 2.45) is 0 Å². The van der Waals surface area contributed by atoms with Gasteiger partial charge in [0, 0.05) is 6.07 Å². The van der Waals surface area contributed by atoms with Gasteiger partial charge in [0.15, 0.2) is 11.6 Å². The molecule has 0 aliphatic carbocycles. The van der Waals surface area contributed by atoms with E-state index in [1.165, 1.54) is 13.2 Å². The Labute approximate surface area is 115 Å². The van der Waals surface area contributed by atoms with Crippen LogP contribution in [-0.2, 0) is 6.61 Å². The van der Waals surface area contributed by atoms with Gasteiger partial charge in [0.05, 0.1) is 7.11 Å². The second kappa shape index (κ2) is 6.06. The number of carbonyl (C=O) groups is 1. The van der Waals surface area contributed by atoms with Crippen molar-refractivity contribution in [3.63, 3.8) is 0 Å². The summed E-state index contributed by atoms with van der Waals surface area (Å²) in [6, 6.07) is 11.6. The van der Waals surface area contributed by atoms with Gasteiger partial charge in [-0.1, -0.05) is 30.3 Å². The van der Waals surface area contributed by atoms with Crippen molar-refractivity contribution in [3.8, 4) is 11.5 Å². The highest BCUT2D eigenvalue weighted by molar-refractivity contribution is 5.89. The molecule has 0 saturated carbocycles. The van der Waals surface area contributed by atoms with Gasteiger partial charge in [0.2, 0.25) is 0 Å². The molecule has 0 bridgehead atoms. The first-order valence-corrected chi connectivity index (χ1v) is 5.89. The molecule has 0 aliphatic rings. The maximum atomic E-state index is 14.0. The summed E-state index contributed by atoms with van der Waals surface area (Å²) in [6.07, 6.45) is 0. The summed E-state index contributed by atoms with van der Waals surface area (Å²) >= 11 is 0. The van der Waals surface area contributed by atoms with Gasteiger partial charge in [-0.3, -0.25) is 0 Å². The van der Waals surface area contributed by atoms with Crippen LogP contribution < -0.4 is 9.47 Å². The Morgan fingerprint density at radius 1 is 1.25 bits per heavy atom. The lowest BCUT2D eigenvalue weighted by Gasteiger charge is -2.11. The highest BCUT2D eigenvalue weighted by atomic mass is 19.1. The molecule has 0 spiro atoms. The molecule has 20 heavy (non-hydrogen) atoms. The highest BCUT2D eigenvalue weighted by Crippen LogP contribution is 2.28. The van der Waals surface area contributed by atoms with Crippen LogP contribution >= 0.6 is 0 Å². The molecule has 4 nitrogen and oxygen atoms in total. The Morgan fingerprint density at radius 2 is 1.95 bits per heavy atom. The number of aromatic carboxylic acids is 1. The van der Waals surface area contributed by atoms with E-state index >= 15 is 0 Å². The first-order valence-electron chi connectivity index (χ1n) is 5.89. The average molecular weight is 276 g/mol. The van der Waals surface area contributed by atoms with Crippen LogP contribution in [0.5, 0.6) is 11.5 Å². The van der Waals surface area contributed by atoms with E-state index in [0.29, 0.717) is 0 Å². The predicted molar refractivity (Wildman–Crippen MR) is 70.7 cm³/mol. The van der Waals surface area contributed by atoms with E-state index in [9.17, 15) is 9.18 Å². The molecule has 0 amide bonds. The highest BCUT2D eigenvalue weighted by Gasteiger charge is 2.18. The van der Waals surface area contributed by atoms with Crippen molar-refractivity contribution in [2.75, 3.05) is 7.11 Å². The van der Waals surface area contributed by atoms with Crippen LogP contribution in [-0.4, -0.2) is 18.2 Å². The number of benzene rings is 2. The second-order valence-corrected chi connectivity index (χ2v) is 4.07. The molecule has 0 heterocycles. The largest absolute Gasteiger partial charge is 0.497 e. The maximum absolute atomic E-state index is 14.0. The Bertz CT molecular complexity index is 611. The zero-order chi connectivity index (χ0) is 14.5. The number of rotatable bonds is 5. The Morgan fingerprint density at radius 3 is 2.55 bits per heavy atom. The summed E-state index contributed by atoms with van der Waals surface area (Å²) in [5, 5.41) is 8.94. The molecule has 0 fully saturated rings. The number of halogens is 1. The number of hydrogen-bond acceptors (Lipinski definition) is 3. The third-order valence-electron chi connectivity index (χ3n) is 2.72. The minimum atomic E-state index is -1.37. The van der Waals surface area contributed by atoms with Crippen molar-refractivity contribution < 1.29 is 23.8 Å². The summed E-state index contributed by atoms with van der Waals surface area (Å²) in [5.41, 5.74) is 0.374. The molecule has 0 saturated heterocycles. The zero-order valence-electron chi connectivity index (χ0n) is 10.8. The van der Waals surface area contributed by atoms with Crippen molar-refractivity contribution in [2.45, 2.75) is 6.61 Å².